The van der Waals surface area contributed by atoms with E-state index >= 15 is 0 Å². The molecule has 1 amide bonds. The molecule has 0 bridgehead atoms. The number of anilines is 1. The van der Waals surface area contributed by atoms with E-state index in [1.807, 2.05) is 19.1 Å². The lowest BCUT2D eigenvalue weighted by Gasteiger charge is -2.14. The largest absolute Gasteiger partial charge is 0.497 e. The molecule has 0 fully saturated rings. The maximum atomic E-state index is 13.7. The number of benzene rings is 2. The molecule has 21 heavy (non-hydrogen) atoms. The zero-order chi connectivity index (χ0) is 15.4. The summed E-state index contributed by atoms with van der Waals surface area (Å²) in [5.41, 5.74) is 7.68. The van der Waals surface area contributed by atoms with Gasteiger partial charge in [0.1, 0.15) is 17.6 Å². The van der Waals surface area contributed by atoms with Gasteiger partial charge in [-0.2, -0.15) is 0 Å². The average Bonchev–Trinajstić information content (AvgIpc) is 2.49. The van der Waals surface area contributed by atoms with Gasteiger partial charge in [-0.3, -0.25) is 4.79 Å². The third kappa shape index (κ3) is 3.58. The highest BCUT2D eigenvalue weighted by molar-refractivity contribution is 5.95. The molecule has 0 aliphatic heterocycles. The Morgan fingerprint density at radius 3 is 2.52 bits per heavy atom. The van der Waals surface area contributed by atoms with Crippen molar-refractivity contribution in [2.24, 2.45) is 5.73 Å². The molecule has 0 aliphatic rings. The number of hydrogen-bond donors (Lipinski definition) is 2. The molecule has 0 heterocycles. The first-order valence-electron chi connectivity index (χ1n) is 6.48. The molecule has 3 N–H and O–H groups in total. The Morgan fingerprint density at radius 2 is 1.90 bits per heavy atom. The molecule has 5 heteroatoms. The molecule has 0 aliphatic carbocycles. The number of aryl methyl sites for hydroxylation is 1. The van der Waals surface area contributed by atoms with E-state index in [0.29, 0.717) is 11.3 Å². The number of amides is 1. The third-order valence-corrected chi connectivity index (χ3v) is 3.15. The average molecular weight is 288 g/mol. The van der Waals surface area contributed by atoms with E-state index in [4.69, 9.17) is 10.5 Å². The summed E-state index contributed by atoms with van der Waals surface area (Å²) in [5, 5.41) is 2.48. The van der Waals surface area contributed by atoms with Crippen molar-refractivity contribution in [1.82, 2.24) is 0 Å². The van der Waals surface area contributed by atoms with Crippen molar-refractivity contribution in [2.45, 2.75) is 13.0 Å². The number of ether oxygens (including phenoxy) is 1. The summed E-state index contributed by atoms with van der Waals surface area (Å²) >= 11 is 0. The van der Waals surface area contributed by atoms with Crippen LogP contribution in [0.5, 0.6) is 5.75 Å². The van der Waals surface area contributed by atoms with Crippen molar-refractivity contribution in [3.8, 4) is 5.75 Å². The van der Waals surface area contributed by atoms with Gasteiger partial charge in [0.2, 0.25) is 5.91 Å². The van der Waals surface area contributed by atoms with Gasteiger partial charge in [0.15, 0.2) is 0 Å². The molecule has 110 valence electrons. The first-order chi connectivity index (χ1) is 10.0. The Labute approximate surface area is 122 Å². The van der Waals surface area contributed by atoms with Crippen molar-refractivity contribution < 1.29 is 13.9 Å². The normalized spacial score (nSPS) is 11.8. The first-order valence-corrected chi connectivity index (χ1v) is 6.48. The minimum atomic E-state index is -0.865. The molecule has 0 radical (unpaired) electrons. The van der Waals surface area contributed by atoms with Crippen LogP contribution in [0.2, 0.25) is 0 Å². The monoisotopic (exact) mass is 288 g/mol. The molecule has 1 atom stereocenters. The quantitative estimate of drug-likeness (QED) is 0.909. The number of methoxy groups -OCH3 is 1. The summed E-state index contributed by atoms with van der Waals surface area (Å²) < 4.78 is 18.7. The third-order valence-electron chi connectivity index (χ3n) is 3.15. The van der Waals surface area contributed by atoms with Gasteiger partial charge in [0, 0.05) is 6.07 Å². The minimum absolute atomic E-state index is 0.0434. The number of carbonyl (C=O) groups is 1. The van der Waals surface area contributed by atoms with E-state index in [2.05, 4.69) is 5.32 Å². The first kappa shape index (κ1) is 15.0. The minimum Gasteiger partial charge on any atom is -0.497 e. The Hall–Kier alpha value is -2.40. The second-order valence-corrected chi connectivity index (χ2v) is 4.72. The second kappa shape index (κ2) is 6.37. The summed E-state index contributed by atoms with van der Waals surface area (Å²) in [6.45, 7) is 1.95. The standard InChI is InChI=1S/C16H17FN2O2/c1-10-3-5-11(6-4-10)15(18)16(20)19-14-9-12(21-2)7-8-13(14)17/h3-9,15H,18H2,1-2H3,(H,19,20). The van der Waals surface area contributed by atoms with E-state index in [9.17, 15) is 9.18 Å². The lowest BCUT2D eigenvalue weighted by atomic mass is 10.1. The van der Waals surface area contributed by atoms with Crippen LogP contribution in [0.3, 0.4) is 0 Å². The van der Waals surface area contributed by atoms with E-state index in [0.717, 1.165) is 5.56 Å². The van der Waals surface area contributed by atoms with Crippen LogP contribution in [0.15, 0.2) is 42.5 Å². The SMILES string of the molecule is COc1ccc(F)c(NC(=O)C(N)c2ccc(C)cc2)c1. The van der Waals surface area contributed by atoms with Gasteiger partial charge in [-0.1, -0.05) is 29.8 Å². The smallest absolute Gasteiger partial charge is 0.245 e. The molecule has 0 saturated heterocycles. The number of halogens is 1. The lowest BCUT2D eigenvalue weighted by Crippen LogP contribution is -2.28. The lowest BCUT2D eigenvalue weighted by molar-refractivity contribution is -0.117. The molecule has 0 aromatic heterocycles. The number of nitrogens with one attached hydrogen (secondary N) is 1. The molecule has 0 saturated carbocycles. The zero-order valence-corrected chi connectivity index (χ0v) is 11.9. The van der Waals surface area contributed by atoms with Crippen LogP contribution >= 0.6 is 0 Å². The molecular weight excluding hydrogens is 271 g/mol. The topological polar surface area (TPSA) is 64.3 Å². The van der Waals surface area contributed by atoms with Crippen LogP contribution in [-0.2, 0) is 4.79 Å². The van der Waals surface area contributed by atoms with Crippen LogP contribution in [0.1, 0.15) is 17.2 Å². The van der Waals surface area contributed by atoms with Crippen molar-refractivity contribution in [3.63, 3.8) is 0 Å². The van der Waals surface area contributed by atoms with Gasteiger partial charge in [0.05, 0.1) is 12.8 Å². The van der Waals surface area contributed by atoms with E-state index in [1.165, 1.54) is 25.3 Å². The van der Waals surface area contributed by atoms with Crippen LogP contribution in [0, 0.1) is 12.7 Å². The fourth-order valence-electron chi connectivity index (χ4n) is 1.86. The van der Waals surface area contributed by atoms with Gasteiger partial charge >= 0.3 is 0 Å². The van der Waals surface area contributed by atoms with Crippen LogP contribution < -0.4 is 15.8 Å². The van der Waals surface area contributed by atoms with E-state index in [1.54, 1.807) is 12.1 Å². The van der Waals surface area contributed by atoms with Gasteiger partial charge in [-0.15, -0.1) is 0 Å². The van der Waals surface area contributed by atoms with Crippen molar-refractivity contribution in [1.29, 1.82) is 0 Å². The molecule has 2 aromatic carbocycles. The number of hydrogen-bond acceptors (Lipinski definition) is 3. The van der Waals surface area contributed by atoms with E-state index < -0.39 is 17.8 Å². The predicted molar refractivity (Wildman–Crippen MR) is 79.7 cm³/mol. The molecule has 4 nitrogen and oxygen atoms in total. The fourth-order valence-corrected chi connectivity index (χ4v) is 1.86. The highest BCUT2D eigenvalue weighted by atomic mass is 19.1. The molecular formula is C16H17FN2O2. The van der Waals surface area contributed by atoms with Gasteiger partial charge in [0.25, 0.3) is 0 Å². The number of carbonyl (C=O) groups excluding carboxylic acids is 1. The van der Waals surface area contributed by atoms with Crippen molar-refractivity contribution in [3.05, 3.63) is 59.4 Å². The van der Waals surface area contributed by atoms with E-state index in [-0.39, 0.29) is 5.69 Å². The number of rotatable bonds is 4. The van der Waals surface area contributed by atoms with Crippen molar-refractivity contribution in [2.75, 3.05) is 12.4 Å². The van der Waals surface area contributed by atoms with Crippen molar-refractivity contribution >= 4 is 11.6 Å². The zero-order valence-electron chi connectivity index (χ0n) is 11.9. The summed E-state index contributed by atoms with van der Waals surface area (Å²) in [5.74, 6) is -0.568. The summed E-state index contributed by atoms with van der Waals surface area (Å²) in [6.07, 6.45) is 0. The van der Waals surface area contributed by atoms with Gasteiger partial charge in [-0.25, -0.2) is 4.39 Å². The predicted octanol–water partition coefficient (Wildman–Crippen LogP) is 2.78. The van der Waals surface area contributed by atoms with Crippen LogP contribution in [0.4, 0.5) is 10.1 Å². The second-order valence-electron chi connectivity index (χ2n) is 4.72. The highest BCUT2D eigenvalue weighted by Crippen LogP contribution is 2.22. The molecule has 1 unspecified atom stereocenters. The fraction of sp³-hybridized carbons (Fsp3) is 0.188. The summed E-state index contributed by atoms with van der Waals surface area (Å²) in [7, 11) is 1.47. The summed E-state index contributed by atoms with van der Waals surface area (Å²) in [4.78, 5) is 12.1. The maximum Gasteiger partial charge on any atom is 0.245 e. The Morgan fingerprint density at radius 1 is 1.24 bits per heavy atom. The van der Waals surface area contributed by atoms with Crippen LogP contribution in [0.25, 0.3) is 0 Å². The molecule has 2 rings (SSSR count). The molecule has 2 aromatic rings. The number of nitrogens with two attached hydrogens (primary N) is 1. The Kier molecular flexibility index (Phi) is 4.55. The van der Waals surface area contributed by atoms with Gasteiger partial charge < -0.3 is 15.8 Å². The Bertz CT molecular complexity index is 641. The van der Waals surface area contributed by atoms with Gasteiger partial charge in [-0.05, 0) is 24.6 Å². The summed E-state index contributed by atoms with van der Waals surface area (Å²) in [6, 6.07) is 10.6. The highest BCUT2D eigenvalue weighted by Gasteiger charge is 2.17. The maximum absolute atomic E-state index is 13.7. The Balaban J connectivity index is 2.15. The van der Waals surface area contributed by atoms with Crippen LogP contribution in [-0.4, -0.2) is 13.0 Å². The molecule has 0 spiro atoms.